The highest BCUT2D eigenvalue weighted by atomic mass is 19.4. The van der Waals surface area contributed by atoms with E-state index in [0.717, 1.165) is 38.3 Å². The van der Waals surface area contributed by atoms with Crippen LogP contribution in [0.1, 0.15) is 33.1 Å². The van der Waals surface area contributed by atoms with E-state index in [-0.39, 0.29) is 11.8 Å². The van der Waals surface area contributed by atoms with E-state index < -0.39 is 17.8 Å². The van der Waals surface area contributed by atoms with Gasteiger partial charge >= 0.3 is 12.2 Å². The first-order valence-electron chi connectivity index (χ1n) is 11.7. The summed E-state index contributed by atoms with van der Waals surface area (Å²) in [6, 6.07) is 10.9. The number of amides is 2. The molecule has 2 aromatic carbocycles. The number of ketones is 1. The number of halogens is 3. The van der Waals surface area contributed by atoms with Crippen molar-refractivity contribution in [2.24, 2.45) is 0 Å². The number of likely N-dealkylation sites (N-methyl/N-ethyl adjacent to an activating group) is 1. The number of rotatable bonds is 4. The summed E-state index contributed by atoms with van der Waals surface area (Å²) in [5, 5.41) is 0. The molecule has 0 aromatic heterocycles. The molecule has 0 N–H and O–H groups in total. The fourth-order valence-electron chi connectivity index (χ4n) is 5.20. The molecule has 5 rings (SSSR count). The molecule has 1 fully saturated rings. The number of urea groups is 1. The minimum atomic E-state index is -4.47. The fourth-order valence-corrected chi connectivity index (χ4v) is 5.20. The number of alkyl halides is 3. The minimum absolute atomic E-state index is 0.190. The largest absolute Gasteiger partial charge is 0.416 e. The van der Waals surface area contributed by atoms with Crippen LogP contribution < -0.4 is 0 Å². The Bertz CT molecular complexity index is 1180. The first-order chi connectivity index (χ1) is 16.7. The van der Waals surface area contributed by atoms with Crippen molar-refractivity contribution in [2.45, 2.75) is 12.2 Å². The van der Waals surface area contributed by atoms with E-state index in [1.54, 1.807) is 24.1 Å². The zero-order valence-electron chi connectivity index (χ0n) is 19.7. The molecule has 1 atom stereocenters. The molecular weight excluding hydrogens is 457 g/mol. The number of nitrogens with zero attached hydrogens (tertiary/aromatic N) is 4. The van der Waals surface area contributed by atoms with Crippen molar-refractivity contribution in [2.75, 3.05) is 53.4 Å². The van der Waals surface area contributed by atoms with E-state index in [1.807, 2.05) is 12.1 Å². The lowest BCUT2D eigenvalue weighted by Gasteiger charge is -2.42. The highest BCUT2D eigenvalue weighted by Crippen LogP contribution is 2.47. The summed E-state index contributed by atoms with van der Waals surface area (Å²) < 4.78 is 39.7. The lowest BCUT2D eigenvalue weighted by molar-refractivity contribution is -0.137. The lowest BCUT2D eigenvalue weighted by atomic mass is 9.91. The maximum absolute atomic E-state index is 13.6. The third-order valence-electron chi connectivity index (χ3n) is 7.19. The maximum Gasteiger partial charge on any atom is 0.416 e. The van der Waals surface area contributed by atoms with Gasteiger partial charge in [-0.25, -0.2) is 4.79 Å². The van der Waals surface area contributed by atoms with Crippen molar-refractivity contribution in [1.29, 1.82) is 0 Å². The second-order valence-electron chi connectivity index (χ2n) is 9.34. The van der Waals surface area contributed by atoms with E-state index in [4.69, 9.17) is 0 Å². The summed E-state index contributed by atoms with van der Waals surface area (Å²) >= 11 is 0. The highest BCUT2D eigenvalue weighted by Gasteiger charge is 2.46. The van der Waals surface area contributed by atoms with Crippen LogP contribution in [0.4, 0.5) is 18.0 Å². The Morgan fingerprint density at radius 2 is 1.49 bits per heavy atom. The Balaban J connectivity index is 1.55. The molecule has 9 heteroatoms. The van der Waals surface area contributed by atoms with E-state index in [2.05, 4.69) is 16.8 Å². The van der Waals surface area contributed by atoms with Gasteiger partial charge in [0, 0.05) is 57.4 Å². The van der Waals surface area contributed by atoms with E-state index in [0.29, 0.717) is 41.1 Å². The maximum atomic E-state index is 13.6. The normalized spacial score (nSPS) is 21.6. The average molecular weight is 485 g/mol. The molecule has 1 aliphatic carbocycles. The van der Waals surface area contributed by atoms with Crippen molar-refractivity contribution in [3.05, 3.63) is 76.4 Å². The van der Waals surface area contributed by atoms with Crippen LogP contribution in [-0.4, -0.2) is 84.8 Å². The molecule has 2 heterocycles. The molecule has 0 radical (unpaired) electrons. The predicted octanol–water partition coefficient (Wildman–Crippen LogP) is 3.97. The Morgan fingerprint density at radius 3 is 2.11 bits per heavy atom. The van der Waals surface area contributed by atoms with Gasteiger partial charge in [-0.2, -0.15) is 13.2 Å². The zero-order valence-corrected chi connectivity index (χ0v) is 19.7. The monoisotopic (exact) mass is 484 g/mol. The summed E-state index contributed by atoms with van der Waals surface area (Å²) in [7, 11) is 3.72. The molecule has 3 aliphatic rings. The van der Waals surface area contributed by atoms with Crippen LogP contribution in [0, 0.1) is 0 Å². The molecule has 2 aliphatic heterocycles. The molecule has 35 heavy (non-hydrogen) atoms. The van der Waals surface area contributed by atoms with Crippen LogP contribution in [0.25, 0.3) is 5.70 Å². The molecule has 2 aromatic rings. The quantitative estimate of drug-likeness (QED) is 0.659. The van der Waals surface area contributed by atoms with Crippen molar-refractivity contribution in [1.82, 2.24) is 19.6 Å². The Kier molecular flexibility index (Phi) is 5.93. The highest BCUT2D eigenvalue weighted by molar-refractivity contribution is 6.23. The lowest BCUT2D eigenvalue weighted by Crippen LogP contribution is -2.52. The van der Waals surface area contributed by atoms with E-state index in [1.165, 1.54) is 17.0 Å². The van der Waals surface area contributed by atoms with Gasteiger partial charge in [-0.1, -0.05) is 36.4 Å². The Hall–Kier alpha value is -3.17. The third-order valence-corrected chi connectivity index (χ3v) is 7.19. The predicted molar refractivity (Wildman–Crippen MR) is 126 cm³/mol. The standard InChI is InChI=1S/C26H27F3N4O2/c1-30-11-13-32(14-12-30)15-16-33-22(17-7-9-18(10-8-17)26(27,28)29)21-23(31(2)25(33)35)19-5-3-4-6-20(19)24(21)34/h3-10,22H,11-16H2,1-2H3. The van der Waals surface area contributed by atoms with Gasteiger partial charge in [0.25, 0.3) is 0 Å². The number of hydrogen-bond acceptors (Lipinski definition) is 4. The van der Waals surface area contributed by atoms with Gasteiger partial charge in [0.2, 0.25) is 0 Å². The van der Waals surface area contributed by atoms with E-state index >= 15 is 0 Å². The van der Waals surface area contributed by atoms with Crippen LogP contribution in [0.5, 0.6) is 0 Å². The van der Waals surface area contributed by atoms with Crippen molar-refractivity contribution >= 4 is 17.5 Å². The van der Waals surface area contributed by atoms with Crippen LogP contribution in [-0.2, 0) is 6.18 Å². The summed E-state index contributed by atoms with van der Waals surface area (Å²) in [5.41, 5.74) is 1.89. The second kappa shape index (κ2) is 8.80. The molecule has 184 valence electrons. The Labute approximate surface area is 202 Å². The Morgan fingerprint density at radius 1 is 0.857 bits per heavy atom. The number of carbonyl (C=O) groups is 2. The van der Waals surface area contributed by atoms with E-state index in [9.17, 15) is 22.8 Å². The summed E-state index contributed by atoms with van der Waals surface area (Å²) in [6.07, 6.45) is -4.47. The van der Waals surface area contributed by atoms with Crippen LogP contribution in [0.2, 0.25) is 0 Å². The van der Waals surface area contributed by atoms with Crippen molar-refractivity contribution < 1.29 is 22.8 Å². The number of carbonyl (C=O) groups excluding carboxylic acids is 2. The molecular formula is C26H27F3N4O2. The van der Waals surface area contributed by atoms with Crippen LogP contribution in [0.3, 0.4) is 0 Å². The van der Waals surface area contributed by atoms with Gasteiger partial charge in [0.05, 0.1) is 22.9 Å². The molecule has 1 unspecified atom stereocenters. The first kappa shape index (κ1) is 23.6. The van der Waals surface area contributed by atoms with Gasteiger partial charge in [-0.05, 0) is 24.7 Å². The second-order valence-corrected chi connectivity index (χ2v) is 9.34. The van der Waals surface area contributed by atoms with Crippen molar-refractivity contribution in [3.8, 4) is 0 Å². The van der Waals surface area contributed by atoms with Crippen LogP contribution in [0.15, 0.2) is 54.1 Å². The summed E-state index contributed by atoms with van der Waals surface area (Å²) in [4.78, 5) is 34.8. The number of benzene rings is 2. The van der Waals surface area contributed by atoms with Gasteiger partial charge < -0.3 is 9.80 Å². The molecule has 2 amide bonds. The number of fused-ring (bicyclic) bond motifs is 2. The third kappa shape index (κ3) is 4.12. The fraction of sp³-hybridized carbons (Fsp3) is 0.385. The van der Waals surface area contributed by atoms with Crippen LogP contribution >= 0.6 is 0 Å². The summed E-state index contributed by atoms with van der Waals surface area (Å²) in [5.74, 6) is -0.190. The molecule has 1 saturated heterocycles. The minimum Gasteiger partial charge on any atom is -0.312 e. The SMILES string of the molecule is CN1CCN(CCN2C(=O)N(C)C3=C(C(=O)c4ccccc43)C2c2ccc(C(F)(F)F)cc2)CC1. The van der Waals surface area contributed by atoms with Gasteiger partial charge in [0.1, 0.15) is 0 Å². The molecule has 0 saturated carbocycles. The van der Waals surface area contributed by atoms with Gasteiger partial charge in [-0.3, -0.25) is 14.6 Å². The van der Waals surface area contributed by atoms with Gasteiger partial charge in [-0.15, -0.1) is 0 Å². The summed E-state index contributed by atoms with van der Waals surface area (Å²) in [6.45, 7) is 4.58. The number of hydrogen-bond donors (Lipinski definition) is 0. The first-order valence-corrected chi connectivity index (χ1v) is 11.7. The smallest absolute Gasteiger partial charge is 0.312 e. The number of Topliss-reactive ketones (excluding diaryl/α,β-unsaturated/α-hetero) is 1. The molecule has 6 nitrogen and oxygen atoms in total. The number of piperazine rings is 1. The zero-order chi connectivity index (χ0) is 24.9. The molecule has 0 spiro atoms. The molecule has 0 bridgehead atoms. The van der Waals surface area contributed by atoms with Gasteiger partial charge in [0.15, 0.2) is 5.78 Å². The average Bonchev–Trinajstić information content (AvgIpc) is 3.13. The van der Waals surface area contributed by atoms with Crippen molar-refractivity contribution in [3.63, 3.8) is 0 Å². The topological polar surface area (TPSA) is 47.1 Å².